The monoisotopic (exact) mass is 1420 g/mol. The lowest BCUT2D eigenvalue weighted by Gasteiger charge is -2.64. The summed E-state index contributed by atoms with van der Waals surface area (Å²) in [7, 11) is -5.22. The van der Waals surface area contributed by atoms with Crippen LogP contribution in [0.5, 0.6) is 0 Å². The van der Waals surface area contributed by atoms with Crippen LogP contribution in [-0.2, 0) is 51.9 Å². The summed E-state index contributed by atoms with van der Waals surface area (Å²) >= 11 is 0. The van der Waals surface area contributed by atoms with Gasteiger partial charge in [0, 0.05) is 30.2 Å². The fourth-order valence-electron chi connectivity index (χ4n) is 16.3. The Bertz CT molecular complexity index is 2910. The molecule has 20 nitrogen and oxygen atoms in total. The lowest BCUT2D eigenvalue weighted by atomic mass is 9.43. The zero-order valence-corrected chi connectivity index (χ0v) is 63.0. The van der Waals surface area contributed by atoms with Crippen molar-refractivity contribution in [1.29, 1.82) is 0 Å². The maximum absolute atomic E-state index is 12.9. The molecule has 14 atom stereocenters. The largest absolute Gasteiger partial charge is 0.481 e. The van der Waals surface area contributed by atoms with E-state index < -0.39 is 66.0 Å². The van der Waals surface area contributed by atoms with Gasteiger partial charge in [-0.2, -0.15) is 0 Å². The van der Waals surface area contributed by atoms with E-state index in [1.165, 1.54) is 18.8 Å². The third-order valence-electron chi connectivity index (χ3n) is 20.7. The van der Waals surface area contributed by atoms with Crippen molar-refractivity contribution in [2.75, 3.05) is 10.6 Å². The summed E-state index contributed by atoms with van der Waals surface area (Å²) < 4.78 is 46.2. The molecule has 2 aromatic carbocycles. The number of hydrogen-bond acceptors (Lipinski definition) is 15. The van der Waals surface area contributed by atoms with Gasteiger partial charge >= 0.3 is 51.3 Å². The minimum absolute atomic E-state index is 0. The Morgan fingerprint density at radius 3 is 1.43 bits per heavy atom. The molecular weight excluding hydrogens is 1290 g/mol. The van der Waals surface area contributed by atoms with Crippen molar-refractivity contribution in [1.82, 2.24) is 14.9 Å². The highest BCUT2D eigenvalue weighted by Gasteiger charge is 2.70. The van der Waals surface area contributed by atoms with Gasteiger partial charge in [-0.3, -0.25) is 14.4 Å². The first-order valence-corrected chi connectivity index (χ1v) is 41.6. The molecule has 2 aromatic rings. The van der Waals surface area contributed by atoms with Crippen molar-refractivity contribution in [3.05, 3.63) is 67.2 Å². The molecule has 3 heterocycles. The van der Waals surface area contributed by atoms with Crippen molar-refractivity contribution >= 4 is 85.1 Å². The molecule has 0 unspecified atom stereocenters. The van der Waals surface area contributed by atoms with Crippen LogP contribution in [0.4, 0.5) is 21.0 Å². The van der Waals surface area contributed by atoms with Gasteiger partial charge in [-0.15, -0.1) is 0 Å². The number of amides is 4. The standard InChI is InChI=1S/C28H43BN2O5.C27H54BNO4Si2.C13H17BN2O5.C2H2O.4CH4/c1-18(15-24(32)34-26(2,3)4)13-14-23(31-25(33)30-20-11-9-8-10-12-20)29-35-22-17-19-16-21(27(19,5)6)28(22,7)36-29;1-19(16-24(30)31-25(2,3)4)14-15-23(29(34(8,9)10)35(11,12)13)28-32-22-18-20-17-21(26(20,5)6)27(22,7)33-28;17-12(18)8-10-6-7-11(14(20)21-10)16-13(19)15-9-4-2-1-3-5-9;1-2-3;;;;/h8-12,18-19,21-23H,13-17H2,1-7H3,(H2,30,31,33);19-23H,14-18H2,1-13H3;1-5,10-11,20H,6-8H2,(H,17,18)(H2,15,16,19);1H2;4*1H4/t18-,19-,21-,22+,23-,28-;19-,20-,21-,22+,23-,27-;10-,11-;;;;;/m000...../s1. The van der Waals surface area contributed by atoms with E-state index in [2.05, 4.69) is 120 Å². The zero-order valence-electron chi connectivity index (χ0n) is 61.0. The van der Waals surface area contributed by atoms with Crippen molar-refractivity contribution in [2.24, 2.45) is 46.3 Å². The predicted molar refractivity (Wildman–Crippen MR) is 408 cm³/mol. The minimum Gasteiger partial charge on any atom is -0.481 e. The summed E-state index contributed by atoms with van der Waals surface area (Å²) in [5, 5.41) is 29.8. The second-order valence-corrected chi connectivity index (χ2v) is 43.6. The second kappa shape index (κ2) is 36.6. The number of anilines is 2. The summed E-state index contributed by atoms with van der Waals surface area (Å²) in [5.41, 5.74) is 0.500. The number of carbonyl (C=O) groups is 5. The number of carboxylic acids is 1. The lowest BCUT2D eigenvalue weighted by Crippen LogP contribution is -2.67. The van der Waals surface area contributed by atoms with Gasteiger partial charge < -0.3 is 68.4 Å². The Morgan fingerprint density at radius 1 is 0.636 bits per heavy atom. The number of rotatable bonds is 21. The first kappa shape index (κ1) is 90.3. The molecule has 3 saturated heterocycles. The van der Waals surface area contributed by atoms with Gasteiger partial charge in [0.2, 0.25) is 0 Å². The first-order chi connectivity index (χ1) is 43.9. The molecule has 560 valence electrons. The summed E-state index contributed by atoms with van der Waals surface area (Å²) in [6.07, 6.45) is 9.21. The Hall–Kier alpha value is -4.81. The predicted octanol–water partition coefficient (Wildman–Crippen LogP) is 15.7. The smallest absolute Gasteiger partial charge is 0.481 e. The van der Waals surface area contributed by atoms with E-state index in [1.807, 2.05) is 84.9 Å². The van der Waals surface area contributed by atoms with Crippen molar-refractivity contribution in [2.45, 2.75) is 308 Å². The molecule has 11 rings (SSSR count). The molecule has 6 aliphatic carbocycles. The van der Waals surface area contributed by atoms with Crippen LogP contribution in [0, 0.1) is 46.3 Å². The van der Waals surface area contributed by atoms with Gasteiger partial charge in [0.15, 0.2) is 0 Å². The molecule has 9 fully saturated rings. The van der Waals surface area contributed by atoms with Gasteiger partial charge in [0.1, 0.15) is 33.6 Å². The number of esters is 2. The lowest BCUT2D eigenvalue weighted by molar-refractivity contribution is -0.199. The molecule has 9 aliphatic rings. The van der Waals surface area contributed by atoms with Crippen LogP contribution in [0.1, 0.15) is 210 Å². The molecule has 4 bridgehead atoms. The molecule has 6 N–H and O–H groups in total. The molecular formula is C74H132B3N5O15Si2. The van der Waals surface area contributed by atoms with Crippen molar-refractivity contribution in [3.8, 4) is 0 Å². The average Bonchev–Trinajstić information content (AvgIpc) is 1.65. The molecule has 4 amide bonds. The van der Waals surface area contributed by atoms with E-state index in [1.54, 1.807) is 24.3 Å². The Labute approximate surface area is 600 Å². The van der Waals surface area contributed by atoms with Crippen LogP contribution in [0.15, 0.2) is 67.2 Å². The van der Waals surface area contributed by atoms with E-state index in [4.69, 9.17) is 42.6 Å². The Kier molecular flexibility index (Phi) is 33.3. The van der Waals surface area contributed by atoms with Gasteiger partial charge in [-0.25, -0.2) is 14.4 Å². The fraction of sp³-hybridized carbons (Fsp3) is 0.743. The fourth-order valence-corrected chi connectivity index (χ4v) is 26.9. The molecule has 0 radical (unpaired) electrons. The normalized spacial score (nSPS) is 26.9. The van der Waals surface area contributed by atoms with E-state index in [-0.39, 0.29) is 114 Å². The van der Waals surface area contributed by atoms with Crippen LogP contribution in [0.2, 0.25) is 39.3 Å². The number of nitrogens with one attached hydrogen (secondary N) is 4. The maximum Gasteiger partial charge on any atom is 0.481 e. The first-order valence-electron chi connectivity index (χ1n) is 34.7. The van der Waals surface area contributed by atoms with E-state index >= 15 is 0 Å². The summed E-state index contributed by atoms with van der Waals surface area (Å²) in [4.78, 5) is 68.7. The number of carbonyl (C=O) groups excluding carboxylic acids is 5. The summed E-state index contributed by atoms with van der Waals surface area (Å²) in [5.74, 6) is 2.13. The number of aliphatic carboxylic acids is 1. The van der Waals surface area contributed by atoms with E-state index in [0.29, 0.717) is 61.0 Å². The zero-order chi connectivity index (χ0) is 71.0. The van der Waals surface area contributed by atoms with Gasteiger partial charge in [0.25, 0.3) is 0 Å². The van der Waals surface area contributed by atoms with Crippen LogP contribution >= 0.6 is 0 Å². The van der Waals surface area contributed by atoms with Crippen LogP contribution in [-0.4, -0.2) is 147 Å². The summed E-state index contributed by atoms with van der Waals surface area (Å²) in [6.45, 7) is 47.2. The summed E-state index contributed by atoms with van der Waals surface area (Å²) in [6, 6.07) is 17.6. The number of carboxylic acid groups (broad SMARTS) is 1. The molecule has 3 aliphatic heterocycles. The molecule has 99 heavy (non-hydrogen) atoms. The maximum atomic E-state index is 12.9. The highest BCUT2D eigenvalue weighted by Crippen LogP contribution is 2.67. The minimum atomic E-state index is -1.65. The van der Waals surface area contributed by atoms with Gasteiger partial charge in [-0.05, 0) is 197 Å². The Balaban J connectivity index is 0.000000500. The number of para-hydroxylation sites is 2. The van der Waals surface area contributed by atoms with E-state index in [9.17, 15) is 29.0 Å². The van der Waals surface area contributed by atoms with Gasteiger partial charge in [-0.1, -0.05) is 147 Å². The topological polar surface area (TPSA) is 259 Å². The van der Waals surface area contributed by atoms with Crippen LogP contribution in [0.3, 0.4) is 0 Å². The number of nitrogens with zero attached hydrogens (tertiary/aromatic N) is 1. The third kappa shape index (κ3) is 24.4. The Morgan fingerprint density at radius 2 is 1.04 bits per heavy atom. The number of benzene rings is 2. The highest BCUT2D eigenvalue weighted by atomic mass is 28.4. The van der Waals surface area contributed by atoms with E-state index in [0.717, 1.165) is 43.7 Å². The quantitative estimate of drug-likeness (QED) is 0.0386. The van der Waals surface area contributed by atoms with Crippen LogP contribution < -0.4 is 21.3 Å². The molecule has 0 aromatic heterocycles. The second-order valence-electron chi connectivity index (χ2n) is 33.5. The SMILES string of the molecule is C.C.C.C.C=C=O.C[C@@H](CC[C@@H](B1O[C@@H]2C[C@@H]3C[C@@H](C3(C)C)[C@]2(C)O1)N([Si](C)(C)C)[Si](C)(C)C)CC(=O)OC(C)(C)C.C[C@@H](CC[C@H](NC(=O)Nc1ccccc1)B1O[C@@H]2C[C@@H]3C[C@@H](C3(C)C)[C@]2(C)O1)CC(=O)OC(C)(C)C.O=C(O)C[C@@H]1CC[C@H](NC(=O)Nc2ccccc2)B(O)O1. The number of ether oxygens (including phenoxy) is 2. The van der Waals surface area contributed by atoms with Crippen LogP contribution in [0.25, 0.3) is 0 Å². The highest BCUT2D eigenvalue weighted by molar-refractivity contribution is 6.90. The average molecular weight is 1420 g/mol. The number of hydrogen-bond donors (Lipinski definition) is 6. The molecule has 0 spiro atoms. The third-order valence-corrected chi connectivity index (χ3v) is 28.3. The van der Waals surface area contributed by atoms with Gasteiger partial charge in [0.05, 0.1) is 47.8 Å². The molecule has 25 heteroatoms. The van der Waals surface area contributed by atoms with Crippen molar-refractivity contribution in [3.63, 3.8) is 0 Å². The number of urea groups is 2. The van der Waals surface area contributed by atoms with Crippen molar-refractivity contribution < 1.29 is 71.6 Å². The molecule has 6 saturated carbocycles.